The normalized spacial score (nSPS) is 27.3. The van der Waals surface area contributed by atoms with Gasteiger partial charge in [-0.3, -0.25) is 4.79 Å². The van der Waals surface area contributed by atoms with Crippen molar-refractivity contribution in [3.63, 3.8) is 0 Å². The molecule has 2 rings (SSSR count). The number of sulfone groups is 1. The average Bonchev–Trinajstić information content (AvgIpc) is 2.77. The van der Waals surface area contributed by atoms with Gasteiger partial charge in [-0.1, -0.05) is 35.2 Å². The number of hydrogen-bond donors (Lipinski definition) is 0. The third-order valence-electron chi connectivity index (χ3n) is 4.21. The topological polar surface area (TPSA) is 54.5 Å². The Morgan fingerprint density at radius 2 is 1.84 bits per heavy atom. The molecule has 1 aliphatic carbocycles. The minimum Gasteiger partial charge on any atom is -0.339 e. The molecule has 4 nitrogen and oxygen atoms in total. The van der Waals surface area contributed by atoms with Crippen LogP contribution in [0.15, 0.2) is 0 Å². The summed E-state index contributed by atoms with van der Waals surface area (Å²) in [5, 5.41) is 0.759. The number of amides is 1. The molecule has 1 aliphatic heterocycles. The molecule has 1 unspecified atom stereocenters. The van der Waals surface area contributed by atoms with E-state index in [-0.39, 0.29) is 23.3 Å². The van der Waals surface area contributed by atoms with Crippen molar-refractivity contribution in [2.75, 3.05) is 23.4 Å². The Morgan fingerprint density at radius 3 is 2.37 bits per heavy atom. The van der Waals surface area contributed by atoms with Gasteiger partial charge in [-0.2, -0.15) is 0 Å². The average molecular weight is 352 g/mol. The highest BCUT2D eigenvalue weighted by Gasteiger charge is 2.37. The number of carbonyl (C=O) groups is 1. The largest absolute Gasteiger partial charge is 0.339 e. The summed E-state index contributed by atoms with van der Waals surface area (Å²) in [6, 6.07) is 0.321. The van der Waals surface area contributed by atoms with Crippen LogP contribution >= 0.6 is 15.9 Å². The molecule has 0 radical (unpaired) electrons. The molecule has 2 aliphatic rings. The Labute approximate surface area is 124 Å². The quantitative estimate of drug-likeness (QED) is 0.727. The monoisotopic (exact) mass is 351 g/mol. The first-order valence-electron chi connectivity index (χ1n) is 7.10. The van der Waals surface area contributed by atoms with E-state index < -0.39 is 9.84 Å². The Bertz CT molecular complexity index is 418. The van der Waals surface area contributed by atoms with Crippen LogP contribution in [0, 0.1) is 5.92 Å². The van der Waals surface area contributed by atoms with Gasteiger partial charge in [-0.25, -0.2) is 8.42 Å². The molecular weight excluding hydrogens is 330 g/mol. The first-order valence-corrected chi connectivity index (χ1v) is 10.0. The third kappa shape index (κ3) is 3.94. The highest BCUT2D eigenvalue weighted by atomic mass is 79.9. The summed E-state index contributed by atoms with van der Waals surface area (Å²) in [4.78, 5) is 14.5. The first-order chi connectivity index (χ1) is 9.03. The highest BCUT2D eigenvalue weighted by Crippen LogP contribution is 2.27. The van der Waals surface area contributed by atoms with E-state index >= 15 is 0 Å². The maximum atomic E-state index is 12.6. The van der Waals surface area contributed by atoms with Gasteiger partial charge in [0.25, 0.3) is 0 Å². The van der Waals surface area contributed by atoms with Crippen molar-refractivity contribution in [2.24, 2.45) is 5.92 Å². The molecule has 0 aromatic carbocycles. The standard InChI is InChI=1S/C13H22BrNO3S/c14-7-8-15(12-4-2-1-3-5-12)13(16)11-6-9-19(17,18)10-11/h11-12H,1-10H2. The number of carbonyl (C=O) groups excluding carboxylic acids is 1. The Hall–Kier alpha value is -0.100. The maximum absolute atomic E-state index is 12.6. The van der Waals surface area contributed by atoms with Gasteiger partial charge in [0.2, 0.25) is 5.91 Å². The smallest absolute Gasteiger partial charge is 0.227 e. The molecule has 0 N–H and O–H groups in total. The molecule has 1 amide bonds. The number of nitrogens with zero attached hydrogens (tertiary/aromatic N) is 1. The summed E-state index contributed by atoms with van der Waals surface area (Å²) in [7, 11) is -2.98. The molecule has 2 fully saturated rings. The number of hydrogen-bond acceptors (Lipinski definition) is 3. The second-order valence-electron chi connectivity index (χ2n) is 5.61. The number of rotatable bonds is 4. The van der Waals surface area contributed by atoms with Gasteiger partial charge in [0.1, 0.15) is 0 Å². The first kappa shape index (κ1) is 15.3. The predicted octanol–water partition coefficient (Wildman–Crippen LogP) is 1.98. The summed E-state index contributed by atoms with van der Waals surface area (Å²) >= 11 is 3.40. The summed E-state index contributed by atoms with van der Waals surface area (Å²) < 4.78 is 23.0. The highest BCUT2D eigenvalue weighted by molar-refractivity contribution is 9.09. The van der Waals surface area contributed by atoms with Crippen molar-refractivity contribution >= 4 is 31.7 Å². The molecule has 0 spiro atoms. The number of alkyl halides is 1. The summed E-state index contributed by atoms with van der Waals surface area (Å²) in [6.07, 6.45) is 6.26. The Morgan fingerprint density at radius 1 is 1.16 bits per heavy atom. The van der Waals surface area contributed by atoms with Gasteiger partial charge in [-0.15, -0.1) is 0 Å². The lowest BCUT2D eigenvalue weighted by Crippen LogP contribution is -2.45. The zero-order chi connectivity index (χ0) is 13.9. The predicted molar refractivity (Wildman–Crippen MR) is 79.1 cm³/mol. The summed E-state index contributed by atoms with van der Waals surface area (Å²) in [5.74, 6) is -0.00786. The summed E-state index contributed by atoms with van der Waals surface area (Å²) in [6.45, 7) is 0.694. The van der Waals surface area contributed by atoms with Crippen molar-refractivity contribution in [3.8, 4) is 0 Å². The van der Waals surface area contributed by atoms with Gasteiger partial charge in [-0.05, 0) is 19.3 Å². The molecule has 110 valence electrons. The lowest BCUT2D eigenvalue weighted by atomic mass is 9.93. The molecule has 1 heterocycles. The minimum atomic E-state index is -2.98. The summed E-state index contributed by atoms with van der Waals surface area (Å²) in [5.41, 5.74) is 0. The lowest BCUT2D eigenvalue weighted by Gasteiger charge is -2.35. The van der Waals surface area contributed by atoms with Gasteiger partial charge in [0.05, 0.1) is 17.4 Å². The van der Waals surface area contributed by atoms with Crippen LogP contribution in [0.25, 0.3) is 0 Å². The zero-order valence-electron chi connectivity index (χ0n) is 11.2. The van der Waals surface area contributed by atoms with Gasteiger partial charge in [0.15, 0.2) is 9.84 Å². The van der Waals surface area contributed by atoms with Crippen LogP contribution < -0.4 is 0 Å². The molecule has 1 saturated heterocycles. The van der Waals surface area contributed by atoms with Gasteiger partial charge >= 0.3 is 0 Å². The second-order valence-corrected chi connectivity index (χ2v) is 8.63. The zero-order valence-corrected chi connectivity index (χ0v) is 13.6. The SMILES string of the molecule is O=C(C1CCS(=O)(=O)C1)N(CCBr)C1CCCCC1. The molecule has 0 aromatic heterocycles. The van der Waals surface area contributed by atoms with E-state index in [0.717, 1.165) is 18.2 Å². The van der Waals surface area contributed by atoms with Crippen molar-refractivity contribution in [3.05, 3.63) is 0 Å². The Kier molecular flexibility index (Phi) is 5.29. The fourth-order valence-electron chi connectivity index (χ4n) is 3.18. The fourth-order valence-corrected chi connectivity index (χ4v) is 5.30. The molecule has 19 heavy (non-hydrogen) atoms. The second kappa shape index (κ2) is 6.57. The van der Waals surface area contributed by atoms with Crippen LogP contribution in [-0.2, 0) is 14.6 Å². The van der Waals surface area contributed by atoms with Crippen LogP contribution in [0.3, 0.4) is 0 Å². The minimum absolute atomic E-state index is 0.0529. The van der Waals surface area contributed by atoms with Crippen LogP contribution in [0.1, 0.15) is 38.5 Å². The molecule has 0 bridgehead atoms. The van der Waals surface area contributed by atoms with Crippen LogP contribution in [0.5, 0.6) is 0 Å². The van der Waals surface area contributed by atoms with E-state index in [0.29, 0.717) is 19.0 Å². The van der Waals surface area contributed by atoms with E-state index in [1.165, 1.54) is 19.3 Å². The van der Waals surface area contributed by atoms with Gasteiger partial charge in [0, 0.05) is 17.9 Å². The maximum Gasteiger partial charge on any atom is 0.227 e. The molecular formula is C13H22BrNO3S. The molecule has 0 aromatic rings. The van der Waals surface area contributed by atoms with E-state index in [1.54, 1.807) is 0 Å². The van der Waals surface area contributed by atoms with Crippen molar-refractivity contribution in [1.29, 1.82) is 0 Å². The van der Waals surface area contributed by atoms with E-state index in [1.807, 2.05) is 4.90 Å². The number of halogens is 1. The van der Waals surface area contributed by atoms with E-state index in [9.17, 15) is 13.2 Å². The van der Waals surface area contributed by atoms with Crippen molar-refractivity contribution in [1.82, 2.24) is 4.90 Å². The molecule has 6 heteroatoms. The van der Waals surface area contributed by atoms with Crippen molar-refractivity contribution < 1.29 is 13.2 Å². The van der Waals surface area contributed by atoms with Crippen LogP contribution in [0.2, 0.25) is 0 Å². The molecule has 1 saturated carbocycles. The fraction of sp³-hybridized carbons (Fsp3) is 0.923. The third-order valence-corrected chi connectivity index (χ3v) is 6.33. The van der Waals surface area contributed by atoms with E-state index in [2.05, 4.69) is 15.9 Å². The van der Waals surface area contributed by atoms with Crippen molar-refractivity contribution in [2.45, 2.75) is 44.6 Å². The van der Waals surface area contributed by atoms with Gasteiger partial charge < -0.3 is 4.90 Å². The Balaban J connectivity index is 2.03. The lowest BCUT2D eigenvalue weighted by molar-refractivity contribution is -0.137. The molecule has 1 atom stereocenters. The van der Waals surface area contributed by atoms with Crippen LogP contribution in [-0.4, -0.2) is 48.6 Å². The van der Waals surface area contributed by atoms with Crippen LogP contribution in [0.4, 0.5) is 0 Å². The van der Waals surface area contributed by atoms with E-state index in [4.69, 9.17) is 0 Å².